The Morgan fingerprint density at radius 3 is 2.41 bits per heavy atom. The fourth-order valence-corrected chi connectivity index (χ4v) is 4.14. The van der Waals surface area contributed by atoms with Crippen molar-refractivity contribution in [3.8, 4) is 0 Å². The molecule has 2 N–H and O–H groups in total. The summed E-state index contributed by atoms with van der Waals surface area (Å²) in [5.74, 6) is -1.57. The maximum absolute atomic E-state index is 14.4. The zero-order valence-corrected chi connectivity index (χ0v) is 16.8. The smallest absolute Gasteiger partial charge is 0.345 e. The van der Waals surface area contributed by atoms with Gasteiger partial charge in [-0.2, -0.15) is 13.2 Å². The van der Waals surface area contributed by atoms with Crippen molar-refractivity contribution in [1.82, 2.24) is 9.97 Å². The highest BCUT2D eigenvalue weighted by Crippen LogP contribution is 2.30. The lowest BCUT2D eigenvalue weighted by molar-refractivity contribution is -0.137. The van der Waals surface area contributed by atoms with Crippen LogP contribution in [0.15, 0.2) is 71.9 Å². The lowest BCUT2D eigenvalue weighted by Gasteiger charge is -2.11. The molecule has 0 fully saturated rings. The van der Waals surface area contributed by atoms with Gasteiger partial charge in [-0.15, -0.1) is 0 Å². The van der Waals surface area contributed by atoms with Crippen LogP contribution in [0.1, 0.15) is 21.5 Å². The van der Waals surface area contributed by atoms with E-state index >= 15 is 0 Å². The van der Waals surface area contributed by atoms with Crippen molar-refractivity contribution in [1.29, 1.82) is 0 Å². The number of alkyl halides is 3. The third kappa shape index (κ3) is 4.06. The van der Waals surface area contributed by atoms with E-state index in [1.165, 1.54) is 12.4 Å². The second-order valence-corrected chi connectivity index (χ2v) is 8.44. The number of sulfonamides is 1. The Morgan fingerprint density at radius 2 is 1.72 bits per heavy atom. The van der Waals surface area contributed by atoms with Crippen LogP contribution in [0.2, 0.25) is 0 Å². The summed E-state index contributed by atoms with van der Waals surface area (Å²) in [4.78, 5) is 19.3. The molecular weight excluding hydrogens is 450 g/mol. The number of anilines is 1. The number of H-pyrrole nitrogens is 1. The molecule has 4 aromatic rings. The fourth-order valence-electron chi connectivity index (χ4n) is 3.09. The highest BCUT2D eigenvalue weighted by atomic mass is 32.2. The normalized spacial score (nSPS) is 12.1. The second-order valence-electron chi connectivity index (χ2n) is 6.75. The van der Waals surface area contributed by atoms with E-state index < -0.39 is 38.3 Å². The molecular formula is C21H13F4N3O3S. The molecule has 0 saturated carbocycles. The molecule has 2 aromatic carbocycles. The van der Waals surface area contributed by atoms with Crippen molar-refractivity contribution in [3.05, 3.63) is 89.5 Å². The number of carbonyl (C=O) groups excluding carboxylic acids is 1. The Bertz CT molecular complexity index is 1430. The average molecular weight is 463 g/mol. The van der Waals surface area contributed by atoms with Crippen LogP contribution >= 0.6 is 0 Å². The zero-order valence-electron chi connectivity index (χ0n) is 15.9. The Hall–Kier alpha value is -3.73. The van der Waals surface area contributed by atoms with E-state index in [0.717, 1.165) is 30.3 Å². The van der Waals surface area contributed by atoms with Gasteiger partial charge in [-0.25, -0.2) is 17.8 Å². The number of halogens is 4. The van der Waals surface area contributed by atoms with E-state index in [0.29, 0.717) is 23.2 Å². The molecule has 0 radical (unpaired) electrons. The van der Waals surface area contributed by atoms with Gasteiger partial charge >= 0.3 is 6.18 Å². The van der Waals surface area contributed by atoms with Crippen LogP contribution in [-0.2, 0) is 16.2 Å². The van der Waals surface area contributed by atoms with E-state index in [1.54, 1.807) is 12.1 Å². The highest BCUT2D eigenvalue weighted by molar-refractivity contribution is 7.92. The highest BCUT2D eigenvalue weighted by Gasteiger charge is 2.30. The first-order valence-corrected chi connectivity index (χ1v) is 10.5. The van der Waals surface area contributed by atoms with E-state index in [4.69, 9.17) is 0 Å². The lowest BCUT2D eigenvalue weighted by Crippen LogP contribution is -2.14. The van der Waals surface area contributed by atoms with E-state index in [9.17, 15) is 30.8 Å². The minimum Gasteiger partial charge on any atom is -0.345 e. The van der Waals surface area contributed by atoms with Crippen LogP contribution in [0.5, 0.6) is 0 Å². The molecule has 0 spiro atoms. The molecule has 0 aliphatic rings. The van der Waals surface area contributed by atoms with Gasteiger partial charge in [0.25, 0.3) is 10.0 Å². The Balaban J connectivity index is 1.64. The predicted molar refractivity (Wildman–Crippen MR) is 108 cm³/mol. The molecule has 2 heterocycles. The number of rotatable bonds is 5. The average Bonchev–Trinajstić information content (AvgIpc) is 3.18. The summed E-state index contributed by atoms with van der Waals surface area (Å²) in [7, 11) is -4.29. The summed E-state index contributed by atoms with van der Waals surface area (Å²) in [5, 5.41) is 0.465. The summed E-state index contributed by atoms with van der Waals surface area (Å²) in [6.07, 6.45) is -1.72. The van der Waals surface area contributed by atoms with Gasteiger partial charge in [-0.05, 0) is 54.6 Å². The van der Waals surface area contributed by atoms with E-state index in [-0.39, 0.29) is 16.8 Å². The van der Waals surface area contributed by atoms with Gasteiger partial charge in [-0.1, -0.05) is 0 Å². The Morgan fingerprint density at radius 1 is 1.00 bits per heavy atom. The van der Waals surface area contributed by atoms with Crippen molar-refractivity contribution in [2.24, 2.45) is 0 Å². The van der Waals surface area contributed by atoms with Crippen molar-refractivity contribution in [2.45, 2.75) is 11.1 Å². The predicted octanol–water partition coefficient (Wildman–Crippen LogP) is 4.75. The summed E-state index contributed by atoms with van der Waals surface area (Å²) in [5.41, 5.74) is -0.945. The number of fused-ring (bicyclic) bond motifs is 1. The number of aromatic nitrogens is 2. The molecule has 0 bridgehead atoms. The number of benzene rings is 2. The topological polar surface area (TPSA) is 91.9 Å². The van der Waals surface area contributed by atoms with Gasteiger partial charge in [0, 0.05) is 29.0 Å². The van der Waals surface area contributed by atoms with Crippen molar-refractivity contribution >= 4 is 32.5 Å². The third-order valence-corrected chi connectivity index (χ3v) is 6.05. The lowest BCUT2D eigenvalue weighted by atomic mass is 10.0. The molecule has 32 heavy (non-hydrogen) atoms. The van der Waals surface area contributed by atoms with Crippen LogP contribution in [0.3, 0.4) is 0 Å². The van der Waals surface area contributed by atoms with Gasteiger partial charge < -0.3 is 4.98 Å². The van der Waals surface area contributed by atoms with Crippen LogP contribution in [0.25, 0.3) is 11.0 Å². The second kappa shape index (κ2) is 7.75. The maximum Gasteiger partial charge on any atom is 0.416 e. The summed E-state index contributed by atoms with van der Waals surface area (Å²) >= 11 is 0. The molecule has 2 aromatic heterocycles. The number of nitrogens with one attached hydrogen (secondary N) is 2. The first kappa shape index (κ1) is 21.5. The Labute approximate surface area is 179 Å². The number of ketones is 1. The quantitative estimate of drug-likeness (QED) is 0.330. The van der Waals surface area contributed by atoms with E-state index in [1.807, 2.05) is 0 Å². The first-order valence-electron chi connectivity index (χ1n) is 9.03. The number of pyridine rings is 1. The van der Waals surface area contributed by atoms with Crippen molar-refractivity contribution < 1.29 is 30.8 Å². The van der Waals surface area contributed by atoms with Gasteiger partial charge in [0.05, 0.1) is 16.0 Å². The fraction of sp³-hybridized carbons (Fsp3) is 0.0476. The standard InChI is InChI=1S/C21H13F4N3O3S/c22-18-8-5-13(28-32(30,31)14-6-3-12(4-7-14)21(23,24)25)10-16(18)19(29)17-11-27-20-15(17)2-1-9-26-20/h1-11,28H,(H,26,27). The molecule has 164 valence electrons. The molecule has 0 saturated heterocycles. The molecule has 6 nitrogen and oxygen atoms in total. The number of carbonyl (C=O) groups is 1. The van der Waals surface area contributed by atoms with Crippen LogP contribution < -0.4 is 4.72 Å². The van der Waals surface area contributed by atoms with Crippen LogP contribution in [-0.4, -0.2) is 24.2 Å². The van der Waals surface area contributed by atoms with Gasteiger partial charge in [0.15, 0.2) is 5.78 Å². The first-order chi connectivity index (χ1) is 15.1. The Kier molecular flexibility index (Phi) is 5.21. The number of hydrogen-bond acceptors (Lipinski definition) is 4. The van der Waals surface area contributed by atoms with Crippen molar-refractivity contribution in [2.75, 3.05) is 4.72 Å². The minimum atomic E-state index is -4.61. The van der Waals surface area contributed by atoms with E-state index in [2.05, 4.69) is 14.7 Å². The van der Waals surface area contributed by atoms with Crippen molar-refractivity contribution in [3.63, 3.8) is 0 Å². The van der Waals surface area contributed by atoms with Gasteiger partial charge in [0.1, 0.15) is 11.5 Å². The molecule has 0 amide bonds. The minimum absolute atomic E-state index is 0.132. The molecule has 4 rings (SSSR count). The monoisotopic (exact) mass is 463 g/mol. The number of hydrogen-bond donors (Lipinski definition) is 2. The zero-order chi connectivity index (χ0) is 23.1. The van der Waals surface area contributed by atoms with Crippen LogP contribution in [0, 0.1) is 5.82 Å². The molecule has 0 aliphatic carbocycles. The van der Waals surface area contributed by atoms with Crippen LogP contribution in [0.4, 0.5) is 23.2 Å². The summed E-state index contributed by atoms with van der Waals surface area (Å²) in [6, 6.07) is 9.17. The SMILES string of the molecule is O=C(c1cc(NS(=O)(=O)c2ccc(C(F)(F)F)cc2)ccc1F)c1c[nH]c2ncccc12. The molecule has 11 heteroatoms. The molecule has 0 aliphatic heterocycles. The molecule has 0 unspecified atom stereocenters. The summed E-state index contributed by atoms with van der Waals surface area (Å²) in [6.45, 7) is 0. The van der Waals surface area contributed by atoms with Gasteiger partial charge in [-0.3, -0.25) is 9.52 Å². The van der Waals surface area contributed by atoms with Gasteiger partial charge in [0.2, 0.25) is 0 Å². The third-order valence-electron chi connectivity index (χ3n) is 4.65. The number of nitrogens with zero attached hydrogens (tertiary/aromatic N) is 1. The summed E-state index contributed by atoms with van der Waals surface area (Å²) < 4.78 is 79.7. The largest absolute Gasteiger partial charge is 0.416 e. The maximum atomic E-state index is 14.4. The number of aromatic amines is 1. The molecule has 0 atom stereocenters.